The minimum Gasteiger partial charge on any atom is -0.364 e. The van der Waals surface area contributed by atoms with Gasteiger partial charge in [0.05, 0.1) is 4.92 Å². The maximum absolute atomic E-state index is 10.9. The monoisotopic (exact) mass is 258 g/mol. The van der Waals surface area contributed by atoms with Crippen molar-refractivity contribution < 1.29 is 4.92 Å². The SMILES string of the molecule is CCNc1nc(C(C)(C)C)nc(Cl)c1[N+](=O)[O-]. The average molecular weight is 259 g/mol. The second kappa shape index (κ2) is 4.83. The highest BCUT2D eigenvalue weighted by Gasteiger charge is 2.27. The zero-order chi connectivity index (χ0) is 13.2. The molecule has 0 spiro atoms. The molecular weight excluding hydrogens is 244 g/mol. The molecule has 1 aromatic rings. The van der Waals surface area contributed by atoms with Crippen molar-refractivity contribution in [3.05, 3.63) is 21.1 Å². The van der Waals surface area contributed by atoms with Gasteiger partial charge < -0.3 is 5.32 Å². The highest BCUT2D eigenvalue weighted by atomic mass is 35.5. The lowest BCUT2D eigenvalue weighted by Crippen LogP contribution is -2.18. The number of aromatic nitrogens is 2. The van der Waals surface area contributed by atoms with Gasteiger partial charge in [-0.3, -0.25) is 10.1 Å². The number of nitro groups is 1. The van der Waals surface area contributed by atoms with Crippen molar-refractivity contribution in [3.8, 4) is 0 Å². The first-order chi connectivity index (χ1) is 7.77. The van der Waals surface area contributed by atoms with Gasteiger partial charge in [-0.25, -0.2) is 9.97 Å². The fourth-order valence-corrected chi connectivity index (χ4v) is 1.45. The van der Waals surface area contributed by atoms with Gasteiger partial charge in [0.25, 0.3) is 0 Å². The van der Waals surface area contributed by atoms with Gasteiger partial charge in [-0.05, 0) is 6.92 Å². The van der Waals surface area contributed by atoms with Gasteiger partial charge in [0.1, 0.15) is 5.82 Å². The third-order valence-corrected chi connectivity index (χ3v) is 2.30. The maximum atomic E-state index is 10.9. The molecule has 1 aromatic heterocycles. The molecule has 17 heavy (non-hydrogen) atoms. The van der Waals surface area contributed by atoms with Gasteiger partial charge in [0.2, 0.25) is 11.0 Å². The molecule has 7 heteroatoms. The molecule has 1 rings (SSSR count). The number of hydrogen-bond donors (Lipinski definition) is 1. The Morgan fingerprint density at radius 3 is 2.41 bits per heavy atom. The van der Waals surface area contributed by atoms with E-state index >= 15 is 0 Å². The summed E-state index contributed by atoms with van der Waals surface area (Å²) in [6.45, 7) is 8.11. The molecule has 0 radical (unpaired) electrons. The molecule has 94 valence electrons. The summed E-state index contributed by atoms with van der Waals surface area (Å²) in [6.07, 6.45) is 0. The zero-order valence-corrected chi connectivity index (χ0v) is 11.0. The molecule has 0 unspecified atom stereocenters. The van der Waals surface area contributed by atoms with Crippen LogP contribution in [0.25, 0.3) is 0 Å². The number of rotatable bonds is 3. The van der Waals surface area contributed by atoms with E-state index in [1.54, 1.807) is 0 Å². The fraction of sp³-hybridized carbons (Fsp3) is 0.600. The lowest BCUT2D eigenvalue weighted by molar-refractivity contribution is -0.384. The van der Waals surface area contributed by atoms with E-state index in [0.29, 0.717) is 12.4 Å². The Morgan fingerprint density at radius 2 is 2.00 bits per heavy atom. The first kappa shape index (κ1) is 13.6. The third kappa shape index (κ3) is 3.03. The molecule has 0 aliphatic carbocycles. The number of anilines is 1. The molecule has 0 aromatic carbocycles. The summed E-state index contributed by atoms with van der Waals surface area (Å²) in [5.41, 5.74) is -0.593. The molecule has 6 nitrogen and oxygen atoms in total. The van der Waals surface area contributed by atoms with Crippen LogP contribution in [-0.2, 0) is 5.41 Å². The standard InChI is InChI=1S/C10H15ClN4O2/c1-5-12-8-6(15(16)17)7(11)13-9(14-8)10(2,3)4/h5H2,1-4H3,(H,12,13,14). The Morgan fingerprint density at radius 1 is 1.41 bits per heavy atom. The molecule has 0 amide bonds. The predicted molar refractivity (Wildman–Crippen MR) is 66.6 cm³/mol. The van der Waals surface area contributed by atoms with Crippen LogP contribution in [0.3, 0.4) is 0 Å². The number of nitrogens with zero attached hydrogens (tertiary/aromatic N) is 3. The minimum atomic E-state index is -0.577. The van der Waals surface area contributed by atoms with E-state index in [0.717, 1.165) is 0 Å². The van der Waals surface area contributed by atoms with Crippen LogP contribution in [0.1, 0.15) is 33.5 Å². The van der Waals surface area contributed by atoms with Crippen LogP contribution in [0.5, 0.6) is 0 Å². The summed E-state index contributed by atoms with van der Waals surface area (Å²) in [7, 11) is 0. The number of nitrogens with one attached hydrogen (secondary N) is 1. The van der Waals surface area contributed by atoms with Crippen molar-refractivity contribution in [3.63, 3.8) is 0 Å². The van der Waals surface area contributed by atoms with Gasteiger partial charge >= 0.3 is 5.69 Å². The van der Waals surface area contributed by atoms with Gasteiger partial charge in [0.15, 0.2) is 0 Å². The quantitative estimate of drug-likeness (QED) is 0.512. The summed E-state index contributed by atoms with van der Waals surface area (Å²) >= 11 is 5.84. The van der Waals surface area contributed by atoms with Crippen molar-refractivity contribution in [1.29, 1.82) is 0 Å². The van der Waals surface area contributed by atoms with Crippen molar-refractivity contribution in [1.82, 2.24) is 9.97 Å². The number of halogens is 1. The van der Waals surface area contributed by atoms with Crippen LogP contribution < -0.4 is 5.32 Å². The predicted octanol–water partition coefficient (Wildman–Crippen LogP) is 2.77. The fourth-order valence-electron chi connectivity index (χ4n) is 1.22. The lowest BCUT2D eigenvalue weighted by Gasteiger charge is -2.17. The summed E-state index contributed by atoms with van der Waals surface area (Å²) in [5.74, 6) is 0.645. The van der Waals surface area contributed by atoms with Gasteiger partial charge in [-0.15, -0.1) is 0 Å². The molecule has 1 heterocycles. The summed E-state index contributed by atoms with van der Waals surface area (Å²) in [4.78, 5) is 18.5. The Balaban J connectivity index is 3.41. The van der Waals surface area contributed by atoms with E-state index in [9.17, 15) is 10.1 Å². The lowest BCUT2D eigenvalue weighted by atomic mass is 9.96. The number of hydrogen-bond acceptors (Lipinski definition) is 5. The van der Waals surface area contributed by atoms with Crippen molar-refractivity contribution in [2.75, 3.05) is 11.9 Å². The molecule has 0 fully saturated rings. The molecule has 0 aliphatic rings. The topological polar surface area (TPSA) is 81.0 Å². The van der Waals surface area contributed by atoms with E-state index in [2.05, 4.69) is 15.3 Å². The first-order valence-electron chi connectivity index (χ1n) is 5.23. The summed E-state index contributed by atoms with van der Waals surface area (Å²) in [6, 6.07) is 0. The third-order valence-electron chi connectivity index (χ3n) is 2.04. The highest BCUT2D eigenvalue weighted by molar-refractivity contribution is 6.31. The van der Waals surface area contributed by atoms with Crippen LogP contribution in [-0.4, -0.2) is 21.4 Å². The van der Waals surface area contributed by atoms with Crippen LogP contribution >= 0.6 is 11.6 Å². The second-order valence-electron chi connectivity index (χ2n) is 4.57. The highest BCUT2D eigenvalue weighted by Crippen LogP contribution is 2.32. The zero-order valence-electron chi connectivity index (χ0n) is 10.2. The van der Waals surface area contributed by atoms with E-state index in [1.807, 2.05) is 27.7 Å². The molecular formula is C10H15ClN4O2. The van der Waals surface area contributed by atoms with E-state index < -0.39 is 4.92 Å². The Labute approximate surface area is 105 Å². The molecule has 0 saturated heterocycles. The normalized spacial score (nSPS) is 11.4. The summed E-state index contributed by atoms with van der Waals surface area (Å²) in [5, 5.41) is 13.6. The first-order valence-corrected chi connectivity index (χ1v) is 5.61. The van der Waals surface area contributed by atoms with Crippen molar-refractivity contribution in [2.24, 2.45) is 0 Å². The molecule has 0 atom stereocenters. The van der Waals surface area contributed by atoms with Crippen molar-refractivity contribution in [2.45, 2.75) is 33.1 Å². The van der Waals surface area contributed by atoms with E-state index in [1.165, 1.54) is 0 Å². The van der Waals surface area contributed by atoms with Gasteiger partial charge in [-0.1, -0.05) is 32.4 Å². The van der Waals surface area contributed by atoms with Crippen LogP contribution in [0.4, 0.5) is 11.5 Å². The van der Waals surface area contributed by atoms with Gasteiger partial charge in [-0.2, -0.15) is 0 Å². The van der Waals surface area contributed by atoms with E-state index in [4.69, 9.17) is 11.6 Å². The van der Waals surface area contributed by atoms with Crippen molar-refractivity contribution >= 4 is 23.1 Å². The molecule has 0 bridgehead atoms. The smallest absolute Gasteiger partial charge is 0.348 e. The Bertz CT molecular complexity index is 443. The molecule has 0 aliphatic heterocycles. The maximum Gasteiger partial charge on any atom is 0.348 e. The largest absolute Gasteiger partial charge is 0.364 e. The minimum absolute atomic E-state index is 0.133. The summed E-state index contributed by atoms with van der Waals surface area (Å²) < 4.78 is 0. The Kier molecular flexibility index (Phi) is 3.87. The van der Waals surface area contributed by atoms with Crippen LogP contribution in [0.15, 0.2) is 0 Å². The van der Waals surface area contributed by atoms with Crippen LogP contribution in [0, 0.1) is 10.1 Å². The van der Waals surface area contributed by atoms with E-state index in [-0.39, 0.29) is 22.1 Å². The Hall–Kier alpha value is -1.43. The average Bonchev–Trinajstić information content (AvgIpc) is 2.15. The second-order valence-corrected chi connectivity index (χ2v) is 4.93. The molecule has 1 N–H and O–H groups in total. The molecule has 0 saturated carbocycles. The van der Waals surface area contributed by atoms with Crippen LogP contribution in [0.2, 0.25) is 5.15 Å². The van der Waals surface area contributed by atoms with Gasteiger partial charge in [0, 0.05) is 12.0 Å².